The first-order chi connectivity index (χ1) is 26.4. The van der Waals surface area contributed by atoms with Crippen LogP contribution in [0.4, 0.5) is 0 Å². The Balaban J connectivity index is 1.20. The van der Waals surface area contributed by atoms with Crippen LogP contribution in [0.25, 0.3) is 88.3 Å². The van der Waals surface area contributed by atoms with Gasteiger partial charge in [-0.1, -0.05) is 192 Å². The zero-order chi connectivity index (χ0) is 36.8. The summed E-state index contributed by atoms with van der Waals surface area (Å²) in [7, 11) is 0. The van der Waals surface area contributed by atoms with Crippen molar-refractivity contribution in [2.75, 3.05) is 0 Å². The van der Waals surface area contributed by atoms with Crippen molar-refractivity contribution in [2.45, 2.75) is 27.7 Å². The molecule has 0 aliphatic carbocycles. The van der Waals surface area contributed by atoms with Gasteiger partial charge in [-0.15, -0.1) is 0 Å². The van der Waals surface area contributed by atoms with E-state index in [-0.39, 0.29) is 0 Å². The summed E-state index contributed by atoms with van der Waals surface area (Å²) in [5, 5.41) is 5.00. The minimum atomic E-state index is 1.22. The van der Waals surface area contributed by atoms with Crippen molar-refractivity contribution in [3.8, 4) is 66.8 Å². The molecule has 0 nitrogen and oxygen atoms in total. The SMILES string of the molecule is Cc1ccc(-c2cccc(-c3ccc(C)cc3)c2-c2ccc3c(ccc4cc(-c5c(-c6ccc(C)cc6)cccc5-c5ccc(C)cc5)ccc43)c2)cc1. The molecule has 0 spiro atoms. The van der Waals surface area contributed by atoms with Crippen molar-refractivity contribution in [3.63, 3.8) is 0 Å². The summed E-state index contributed by atoms with van der Waals surface area (Å²) in [5.74, 6) is 0. The van der Waals surface area contributed by atoms with Gasteiger partial charge in [-0.3, -0.25) is 0 Å². The van der Waals surface area contributed by atoms with Gasteiger partial charge in [0, 0.05) is 0 Å². The molecular weight excluding hydrogens is 649 g/mol. The van der Waals surface area contributed by atoms with Crippen molar-refractivity contribution >= 4 is 21.5 Å². The van der Waals surface area contributed by atoms with Gasteiger partial charge in [0.2, 0.25) is 0 Å². The fourth-order valence-corrected chi connectivity index (χ4v) is 8.00. The average molecular weight is 691 g/mol. The average Bonchev–Trinajstić information content (AvgIpc) is 3.21. The predicted octanol–water partition coefficient (Wildman–Crippen LogP) is 15.2. The monoisotopic (exact) mass is 690 g/mol. The largest absolute Gasteiger partial charge is 0.0610 e. The second-order valence-corrected chi connectivity index (χ2v) is 14.9. The second kappa shape index (κ2) is 13.8. The third kappa shape index (κ3) is 6.21. The summed E-state index contributed by atoms with van der Waals surface area (Å²) in [4.78, 5) is 0. The molecule has 0 N–H and O–H groups in total. The van der Waals surface area contributed by atoms with Gasteiger partial charge in [-0.25, -0.2) is 0 Å². The van der Waals surface area contributed by atoms with E-state index < -0.39 is 0 Å². The minimum Gasteiger partial charge on any atom is -0.0610 e. The summed E-state index contributed by atoms with van der Waals surface area (Å²) in [5.41, 5.74) is 19.9. The van der Waals surface area contributed by atoms with E-state index in [1.807, 2.05) is 0 Å². The fraction of sp³-hybridized carbons (Fsp3) is 0.0741. The number of fused-ring (bicyclic) bond motifs is 3. The molecule has 0 heterocycles. The lowest BCUT2D eigenvalue weighted by atomic mass is 9.85. The van der Waals surface area contributed by atoms with E-state index in [4.69, 9.17) is 0 Å². The quantitative estimate of drug-likeness (QED) is 0.152. The number of rotatable bonds is 6. The predicted molar refractivity (Wildman–Crippen MR) is 233 cm³/mol. The Kier molecular flexibility index (Phi) is 8.53. The zero-order valence-corrected chi connectivity index (χ0v) is 31.3. The van der Waals surface area contributed by atoms with Crippen molar-refractivity contribution < 1.29 is 0 Å². The Hall–Kier alpha value is -6.50. The lowest BCUT2D eigenvalue weighted by Gasteiger charge is -2.18. The Morgan fingerprint density at radius 1 is 0.241 bits per heavy atom. The molecule has 54 heavy (non-hydrogen) atoms. The molecule has 0 atom stereocenters. The number of aryl methyl sites for hydroxylation is 4. The van der Waals surface area contributed by atoms with Crippen LogP contribution in [0.2, 0.25) is 0 Å². The number of hydrogen-bond acceptors (Lipinski definition) is 0. The topological polar surface area (TPSA) is 0 Å². The minimum absolute atomic E-state index is 1.22. The van der Waals surface area contributed by atoms with Gasteiger partial charge in [0.15, 0.2) is 0 Å². The molecule has 0 unspecified atom stereocenters. The van der Waals surface area contributed by atoms with E-state index in [1.54, 1.807) is 0 Å². The molecule has 258 valence electrons. The zero-order valence-electron chi connectivity index (χ0n) is 31.3. The summed E-state index contributed by atoms with van der Waals surface area (Å²) in [6, 6.07) is 67.8. The van der Waals surface area contributed by atoms with E-state index in [2.05, 4.69) is 210 Å². The van der Waals surface area contributed by atoms with Crippen LogP contribution in [0.15, 0.2) is 182 Å². The molecule has 0 saturated carbocycles. The smallest absolute Gasteiger partial charge is 0.00266 e. The van der Waals surface area contributed by atoms with E-state index >= 15 is 0 Å². The van der Waals surface area contributed by atoms with Crippen molar-refractivity contribution in [1.29, 1.82) is 0 Å². The van der Waals surface area contributed by atoms with E-state index in [1.165, 1.54) is 111 Å². The van der Waals surface area contributed by atoms with Crippen LogP contribution in [-0.4, -0.2) is 0 Å². The highest BCUT2D eigenvalue weighted by Gasteiger charge is 2.17. The third-order valence-electron chi connectivity index (χ3n) is 11.0. The second-order valence-electron chi connectivity index (χ2n) is 14.9. The van der Waals surface area contributed by atoms with Gasteiger partial charge in [0.1, 0.15) is 0 Å². The molecule has 0 aliphatic rings. The van der Waals surface area contributed by atoms with Gasteiger partial charge >= 0.3 is 0 Å². The van der Waals surface area contributed by atoms with Gasteiger partial charge in [-0.05, 0) is 128 Å². The normalized spacial score (nSPS) is 11.3. The van der Waals surface area contributed by atoms with Gasteiger partial charge in [-0.2, -0.15) is 0 Å². The maximum Gasteiger partial charge on any atom is -0.00266 e. The van der Waals surface area contributed by atoms with E-state index in [0.717, 1.165) is 0 Å². The molecule has 9 rings (SSSR count). The Morgan fingerprint density at radius 3 is 0.778 bits per heavy atom. The highest BCUT2D eigenvalue weighted by molar-refractivity contribution is 6.11. The molecule has 0 radical (unpaired) electrons. The molecular formula is C54H42. The summed E-state index contributed by atoms with van der Waals surface area (Å²) >= 11 is 0. The lowest BCUT2D eigenvalue weighted by Crippen LogP contribution is -1.92. The van der Waals surface area contributed by atoms with Gasteiger partial charge in [0.25, 0.3) is 0 Å². The summed E-state index contributed by atoms with van der Waals surface area (Å²) in [6.07, 6.45) is 0. The molecule has 9 aromatic carbocycles. The first kappa shape index (κ1) is 33.3. The Morgan fingerprint density at radius 2 is 0.500 bits per heavy atom. The lowest BCUT2D eigenvalue weighted by molar-refractivity contribution is 1.46. The van der Waals surface area contributed by atoms with Crippen LogP contribution in [0, 0.1) is 27.7 Å². The molecule has 0 bridgehead atoms. The summed E-state index contributed by atoms with van der Waals surface area (Å²) in [6.45, 7) is 8.59. The highest BCUT2D eigenvalue weighted by Crippen LogP contribution is 2.44. The molecule has 0 fully saturated rings. The first-order valence-electron chi connectivity index (χ1n) is 18.9. The van der Waals surface area contributed by atoms with E-state index in [9.17, 15) is 0 Å². The first-order valence-corrected chi connectivity index (χ1v) is 18.9. The van der Waals surface area contributed by atoms with Crippen LogP contribution < -0.4 is 0 Å². The molecule has 9 aromatic rings. The standard InChI is InChI=1S/C54H42/c1-35-11-19-39(20-12-35)49-7-5-8-50(40-21-13-36(2)14-22-40)53(49)45-29-31-47-43(33-45)27-28-44-34-46(30-32-48(44)47)54-51(41-23-15-37(3)16-24-41)9-6-10-52(54)42-25-17-38(4)18-26-42/h5-34H,1-4H3. The van der Waals surface area contributed by atoms with Crippen molar-refractivity contribution in [2.24, 2.45) is 0 Å². The molecule has 0 aromatic heterocycles. The fourth-order valence-electron chi connectivity index (χ4n) is 8.00. The van der Waals surface area contributed by atoms with Crippen molar-refractivity contribution in [3.05, 3.63) is 204 Å². The van der Waals surface area contributed by atoms with Crippen molar-refractivity contribution in [1.82, 2.24) is 0 Å². The van der Waals surface area contributed by atoms with Crippen LogP contribution in [0.5, 0.6) is 0 Å². The Bertz CT molecular complexity index is 2470. The maximum atomic E-state index is 2.38. The molecule has 0 heteroatoms. The van der Waals surface area contributed by atoms with Gasteiger partial charge in [0.05, 0.1) is 0 Å². The Labute approximate surface area is 319 Å². The van der Waals surface area contributed by atoms with E-state index in [0.29, 0.717) is 0 Å². The van der Waals surface area contributed by atoms with Crippen LogP contribution in [0.3, 0.4) is 0 Å². The third-order valence-corrected chi connectivity index (χ3v) is 11.0. The summed E-state index contributed by atoms with van der Waals surface area (Å²) < 4.78 is 0. The number of hydrogen-bond donors (Lipinski definition) is 0. The van der Waals surface area contributed by atoms with Gasteiger partial charge < -0.3 is 0 Å². The molecule has 0 amide bonds. The van der Waals surface area contributed by atoms with Crippen LogP contribution in [0.1, 0.15) is 22.3 Å². The highest BCUT2D eigenvalue weighted by atomic mass is 14.2. The maximum absolute atomic E-state index is 2.38. The van der Waals surface area contributed by atoms with Crippen LogP contribution >= 0.6 is 0 Å². The molecule has 0 aliphatic heterocycles. The molecule has 0 saturated heterocycles. The number of benzene rings is 9. The van der Waals surface area contributed by atoms with Crippen LogP contribution in [-0.2, 0) is 0 Å².